The third-order valence-electron chi connectivity index (χ3n) is 6.58. The molecule has 1 amide bonds. The minimum absolute atomic E-state index is 0.0862. The molecular formula is C25H24F3N5O4S. The number of alkyl halides is 3. The number of likely N-dealkylation sites (N-methyl/N-ethyl adjacent to an activating group) is 1. The second-order valence-corrected chi connectivity index (χ2v) is 10.3. The number of aliphatic hydroxyl groups excluding tert-OH is 1. The van der Waals surface area contributed by atoms with Crippen molar-refractivity contribution in [1.29, 1.82) is 0 Å². The van der Waals surface area contributed by atoms with Crippen LogP contribution in [0.5, 0.6) is 0 Å². The van der Waals surface area contributed by atoms with Crippen LogP contribution in [0.1, 0.15) is 29.5 Å². The number of nitrogens with zero attached hydrogens (tertiary/aromatic N) is 4. The highest BCUT2D eigenvalue weighted by atomic mass is 32.1. The zero-order chi connectivity index (χ0) is 27.0. The number of amides is 1. The van der Waals surface area contributed by atoms with Crippen molar-refractivity contribution in [1.82, 2.24) is 24.9 Å². The number of rotatable bonds is 7. The van der Waals surface area contributed by atoms with Crippen LogP contribution in [0.3, 0.4) is 0 Å². The third kappa shape index (κ3) is 5.64. The van der Waals surface area contributed by atoms with Gasteiger partial charge in [0.25, 0.3) is 0 Å². The number of halogens is 3. The predicted octanol–water partition coefficient (Wildman–Crippen LogP) is 3.47. The first-order valence-electron chi connectivity index (χ1n) is 11.9. The maximum atomic E-state index is 13.4. The predicted molar refractivity (Wildman–Crippen MR) is 133 cm³/mol. The Morgan fingerprint density at radius 1 is 1.32 bits per heavy atom. The molecule has 1 aliphatic heterocycles. The zero-order valence-corrected chi connectivity index (χ0v) is 21.1. The number of aliphatic hydroxyl groups is 1. The molecule has 4 aromatic rings. The first-order valence-corrected chi connectivity index (χ1v) is 12.7. The van der Waals surface area contributed by atoms with E-state index in [1.54, 1.807) is 54.4 Å². The molecule has 38 heavy (non-hydrogen) atoms. The number of H-pyrrole nitrogens is 1. The lowest BCUT2D eigenvalue weighted by Crippen LogP contribution is -2.39. The van der Waals surface area contributed by atoms with Gasteiger partial charge in [-0.2, -0.15) is 18.2 Å². The number of carbonyl (C=O) groups is 1. The molecule has 0 spiro atoms. The Morgan fingerprint density at radius 3 is 2.84 bits per heavy atom. The van der Waals surface area contributed by atoms with Crippen LogP contribution in [-0.4, -0.2) is 68.7 Å². The van der Waals surface area contributed by atoms with Crippen molar-refractivity contribution in [2.45, 2.75) is 31.2 Å². The second kappa shape index (κ2) is 10.3. The van der Waals surface area contributed by atoms with E-state index in [0.29, 0.717) is 42.7 Å². The molecule has 0 aliphatic carbocycles. The number of hydrogen-bond donors (Lipinski definition) is 2. The van der Waals surface area contributed by atoms with Gasteiger partial charge in [-0.1, -0.05) is 40.8 Å². The molecule has 9 nitrogen and oxygen atoms in total. The Kier molecular flexibility index (Phi) is 7.07. The number of likely N-dealkylation sites (tertiary alicyclic amines) is 1. The van der Waals surface area contributed by atoms with Crippen LogP contribution >= 0.6 is 11.3 Å². The van der Waals surface area contributed by atoms with Gasteiger partial charge in [-0.05, 0) is 35.7 Å². The number of hydrogen-bond acceptors (Lipinski definition) is 8. The van der Waals surface area contributed by atoms with Crippen LogP contribution in [0.25, 0.3) is 21.6 Å². The molecular weight excluding hydrogens is 523 g/mol. The van der Waals surface area contributed by atoms with Crippen LogP contribution in [0.4, 0.5) is 13.2 Å². The number of benzene rings is 2. The van der Waals surface area contributed by atoms with Crippen molar-refractivity contribution in [2.24, 2.45) is 0 Å². The van der Waals surface area contributed by atoms with E-state index in [4.69, 9.17) is 0 Å². The van der Waals surface area contributed by atoms with E-state index in [2.05, 4.69) is 19.6 Å². The zero-order valence-electron chi connectivity index (χ0n) is 20.2. The van der Waals surface area contributed by atoms with E-state index in [9.17, 15) is 27.9 Å². The van der Waals surface area contributed by atoms with Crippen LogP contribution in [0.15, 0.2) is 51.8 Å². The van der Waals surface area contributed by atoms with E-state index in [1.807, 2.05) is 4.90 Å². The van der Waals surface area contributed by atoms with Gasteiger partial charge >= 0.3 is 16.9 Å². The first kappa shape index (κ1) is 26.1. The molecule has 13 heteroatoms. The lowest BCUT2D eigenvalue weighted by molar-refractivity contribution is -0.159. The molecule has 2 aromatic heterocycles. The molecule has 2 aromatic carbocycles. The van der Waals surface area contributed by atoms with Crippen LogP contribution in [0, 0.1) is 0 Å². The van der Waals surface area contributed by atoms with Crippen molar-refractivity contribution >= 4 is 27.5 Å². The standard InChI is InChI=1S/C25H24F3N5O4S/c1-32(21(35)10-14-5-6-20-18(9-14)29-24(36)38-20)19(13-33-8-7-17(34)12-33)15-3-2-4-16(11-15)22-30-23(37-31-22)25(26,27)28/h2-6,9,11,17,19,34H,7-8,10,12-13H2,1H3,(H,29,36)/t17?,19-/m1/s1. The molecule has 1 aliphatic rings. The fourth-order valence-electron chi connectivity index (χ4n) is 4.60. The SMILES string of the molecule is CN(C(=O)Cc1ccc2sc(=O)[nH]c2c1)[C@H](CN1CCC(O)C1)c1cccc(-c2noc(C(F)(F)F)n2)c1. The fourth-order valence-corrected chi connectivity index (χ4v) is 5.31. The number of nitrogens with one attached hydrogen (secondary N) is 1. The van der Waals surface area contributed by atoms with Gasteiger partial charge in [0.15, 0.2) is 0 Å². The minimum atomic E-state index is -4.76. The number of aromatic nitrogens is 3. The summed E-state index contributed by atoms with van der Waals surface area (Å²) in [6.45, 7) is 1.53. The lowest BCUT2D eigenvalue weighted by Gasteiger charge is -2.32. The molecule has 0 radical (unpaired) electrons. The summed E-state index contributed by atoms with van der Waals surface area (Å²) in [5.41, 5.74) is 2.40. The topological polar surface area (TPSA) is 116 Å². The summed E-state index contributed by atoms with van der Waals surface area (Å²) in [5, 5.41) is 13.5. The van der Waals surface area contributed by atoms with Gasteiger partial charge in [0, 0.05) is 32.2 Å². The summed E-state index contributed by atoms with van der Waals surface area (Å²) in [6, 6.07) is 11.6. The molecule has 1 saturated heterocycles. The summed E-state index contributed by atoms with van der Waals surface area (Å²) in [4.78, 5) is 34.7. The molecule has 200 valence electrons. The molecule has 1 unspecified atom stereocenters. The summed E-state index contributed by atoms with van der Waals surface area (Å²) < 4.78 is 44.1. The summed E-state index contributed by atoms with van der Waals surface area (Å²) >= 11 is 1.10. The number of fused-ring (bicyclic) bond motifs is 1. The van der Waals surface area contributed by atoms with E-state index in [1.165, 1.54) is 0 Å². The van der Waals surface area contributed by atoms with Gasteiger partial charge in [-0.3, -0.25) is 14.5 Å². The van der Waals surface area contributed by atoms with E-state index >= 15 is 0 Å². The van der Waals surface area contributed by atoms with Crippen LogP contribution in [0.2, 0.25) is 0 Å². The van der Waals surface area contributed by atoms with E-state index in [-0.39, 0.29) is 23.0 Å². The Labute approximate surface area is 218 Å². The minimum Gasteiger partial charge on any atom is -0.392 e. The monoisotopic (exact) mass is 547 g/mol. The van der Waals surface area contributed by atoms with Gasteiger partial charge in [0.1, 0.15) is 0 Å². The molecule has 2 atom stereocenters. The highest BCUT2D eigenvalue weighted by molar-refractivity contribution is 7.16. The highest BCUT2D eigenvalue weighted by Gasteiger charge is 2.38. The van der Waals surface area contributed by atoms with Crippen molar-refractivity contribution in [3.63, 3.8) is 0 Å². The summed E-state index contributed by atoms with van der Waals surface area (Å²) in [5.74, 6) is -1.82. The van der Waals surface area contributed by atoms with Crippen molar-refractivity contribution in [3.05, 3.63) is 69.1 Å². The number of aromatic amines is 1. The van der Waals surface area contributed by atoms with Gasteiger partial charge in [0.2, 0.25) is 11.7 Å². The van der Waals surface area contributed by atoms with Crippen LogP contribution in [-0.2, 0) is 17.4 Å². The third-order valence-corrected chi connectivity index (χ3v) is 7.44. The average molecular weight is 548 g/mol. The Bertz CT molecular complexity index is 1510. The molecule has 2 N–H and O–H groups in total. The molecule has 0 bridgehead atoms. The molecule has 0 saturated carbocycles. The van der Waals surface area contributed by atoms with Gasteiger partial charge in [0.05, 0.1) is 28.8 Å². The van der Waals surface area contributed by atoms with E-state index in [0.717, 1.165) is 21.6 Å². The molecule has 3 heterocycles. The van der Waals surface area contributed by atoms with Gasteiger partial charge < -0.3 is 19.5 Å². The number of β-amino-alcohol motifs (C(OH)–C–C–N with tert-alkyl or cyclic N) is 1. The fraction of sp³-hybridized carbons (Fsp3) is 0.360. The smallest absolute Gasteiger partial charge is 0.392 e. The maximum absolute atomic E-state index is 13.4. The molecule has 1 fully saturated rings. The first-order chi connectivity index (χ1) is 18.1. The maximum Gasteiger partial charge on any atom is 0.471 e. The summed E-state index contributed by atoms with van der Waals surface area (Å²) in [7, 11) is 1.67. The largest absolute Gasteiger partial charge is 0.471 e. The number of thiazole rings is 1. The van der Waals surface area contributed by atoms with Crippen molar-refractivity contribution in [3.8, 4) is 11.4 Å². The average Bonchev–Trinajstić information content (AvgIpc) is 3.61. The summed E-state index contributed by atoms with van der Waals surface area (Å²) in [6.07, 6.45) is -4.51. The van der Waals surface area contributed by atoms with E-state index < -0.39 is 24.2 Å². The Hall–Kier alpha value is -3.55. The van der Waals surface area contributed by atoms with Gasteiger partial charge in [-0.25, -0.2) is 0 Å². The Balaban J connectivity index is 1.42. The molecule has 5 rings (SSSR count). The van der Waals surface area contributed by atoms with Crippen molar-refractivity contribution in [2.75, 3.05) is 26.7 Å². The highest BCUT2D eigenvalue weighted by Crippen LogP contribution is 2.31. The second-order valence-electron chi connectivity index (χ2n) is 9.29. The Morgan fingerprint density at radius 2 is 2.13 bits per heavy atom. The quantitative estimate of drug-likeness (QED) is 0.364. The van der Waals surface area contributed by atoms with Crippen molar-refractivity contribution < 1.29 is 27.6 Å². The number of carbonyl (C=O) groups excluding carboxylic acids is 1. The van der Waals surface area contributed by atoms with Crippen LogP contribution < -0.4 is 4.87 Å². The lowest BCUT2D eigenvalue weighted by atomic mass is 10.0. The van der Waals surface area contributed by atoms with Gasteiger partial charge in [-0.15, -0.1) is 0 Å². The normalized spacial score (nSPS) is 17.2.